The van der Waals surface area contributed by atoms with Crippen LogP contribution >= 0.6 is 0 Å². The van der Waals surface area contributed by atoms with Gasteiger partial charge in [-0.15, -0.1) is 0 Å². The average molecular weight is 189 g/mol. The summed E-state index contributed by atoms with van der Waals surface area (Å²) in [4.78, 5) is 8.58. The van der Waals surface area contributed by atoms with Crippen LogP contribution in [0.4, 0.5) is 5.82 Å². The molecule has 0 amide bonds. The van der Waals surface area contributed by atoms with E-state index in [4.69, 9.17) is 0 Å². The predicted octanol–water partition coefficient (Wildman–Crippen LogP) is 2.47. The molecule has 3 heteroatoms. The molecule has 0 unspecified atom stereocenters. The lowest BCUT2D eigenvalue weighted by molar-refractivity contribution is 0.790. The van der Waals surface area contributed by atoms with Crippen molar-refractivity contribution in [1.29, 1.82) is 0 Å². The van der Waals surface area contributed by atoms with E-state index in [9.17, 15) is 0 Å². The number of anilines is 1. The topological polar surface area (TPSA) is 37.8 Å². The van der Waals surface area contributed by atoms with E-state index in [0.717, 1.165) is 17.9 Å². The lowest BCUT2D eigenvalue weighted by Crippen LogP contribution is -2.11. The molecule has 0 spiro atoms. The number of hydrogen-bond acceptors (Lipinski definition) is 3. The second kappa shape index (κ2) is 3.40. The molecule has 0 radical (unpaired) electrons. The van der Waals surface area contributed by atoms with Gasteiger partial charge in [0.05, 0.1) is 5.69 Å². The summed E-state index contributed by atoms with van der Waals surface area (Å²) in [7, 11) is 0. The Morgan fingerprint density at radius 2 is 2.14 bits per heavy atom. The number of nitrogens with zero attached hydrogens (tertiary/aromatic N) is 2. The van der Waals surface area contributed by atoms with Crippen molar-refractivity contribution in [3.63, 3.8) is 0 Å². The fraction of sp³-hybridized carbons (Fsp3) is 0.455. The highest BCUT2D eigenvalue weighted by Crippen LogP contribution is 2.27. The van der Waals surface area contributed by atoms with Crippen LogP contribution < -0.4 is 5.32 Å². The minimum Gasteiger partial charge on any atom is -0.346 e. The molecule has 3 nitrogen and oxygen atoms in total. The minimum atomic E-state index is 0.458. The van der Waals surface area contributed by atoms with E-state index < -0.39 is 0 Å². The van der Waals surface area contributed by atoms with Crippen molar-refractivity contribution in [1.82, 2.24) is 9.97 Å². The van der Waals surface area contributed by atoms with Gasteiger partial charge in [-0.05, 0) is 12.8 Å². The highest BCUT2D eigenvalue weighted by Gasteiger charge is 2.16. The van der Waals surface area contributed by atoms with Crippen molar-refractivity contribution in [2.45, 2.75) is 33.1 Å². The Kier molecular flexibility index (Phi) is 2.23. The van der Waals surface area contributed by atoms with Gasteiger partial charge in [0.15, 0.2) is 0 Å². The maximum Gasteiger partial charge on any atom is 0.137 e. The maximum atomic E-state index is 4.35. The Morgan fingerprint density at radius 1 is 1.36 bits per heavy atom. The van der Waals surface area contributed by atoms with Crippen molar-refractivity contribution in [2.24, 2.45) is 0 Å². The van der Waals surface area contributed by atoms with Gasteiger partial charge in [0.25, 0.3) is 0 Å². The Balaban J connectivity index is 2.48. The van der Waals surface area contributed by atoms with E-state index >= 15 is 0 Å². The number of allylic oxidation sites excluding steroid dienone is 1. The molecule has 0 atom stereocenters. The largest absolute Gasteiger partial charge is 0.346 e. The summed E-state index contributed by atoms with van der Waals surface area (Å²) in [5.74, 6) is 1.42. The summed E-state index contributed by atoms with van der Waals surface area (Å²) >= 11 is 0. The average Bonchev–Trinajstić information content (AvgIpc) is 2.16. The quantitative estimate of drug-likeness (QED) is 0.737. The number of rotatable bonds is 1. The van der Waals surface area contributed by atoms with Crippen molar-refractivity contribution in [3.05, 3.63) is 29.4 Å². The minimum absolute atomic E-state index is 0.458. The van der Waals surface area contributed by atoms with Gasteiger partial charge in [-0.1, -0.05) is 19.4 Å². The van der Waals surface area contributed by atoms with Gasteiger partial charge in [0, 0.05) is 18.2 Å². The maximum absolute atomic E-state index is 4.35. The molecule has 0 saturated carbocycles. The van der Waals surface area contributed by atoms with E-state index in [-0.39, 0.29) is 0 Å². The molecule has 74 valence electrons. The highest BCUT2D eigenvalue weighted by atomic mass is 15.0. The lowest BCUT2D eigenvalue weighted by atomic mass is 9.97. The first-order valence-electron chi connectivity index (χ1n) is 4.94. The summed E-state index contributed by atoms with van der Waals surface area (Å²) in [6, 6.07) is 0. The molecule has 1 aliphatic heterocycles. The molecule has 0 saturated heterocycles. The predicted molar refractivity (Wildman–Crippen MR) is 57.2 cm³/mol. The van der Waals surface area contributed by atoms with Crippen LogP contribution in [0, 0.1) is 0 Å². The monoisotopic (exact) mass is 189 g/mol. The van der Waals surface area contributed by atoms with Crippen LogP contribution in [0.1, 0.15) is 37.9 Å². The normalized spacial score (nSPS) is 14.7. The van der Waals surface area contributed by atoms with Gasteiger partial charge < -0.3 is 5.32 Å². The van der Waals surface area contributed by atoms with Crippen molar-refractivity contribution in [2.75, 3.05) is 5.32 Å². The Morgan fingerprint density at radius 3 is 2.86 bits per heavy atom. The zero-order chi connectivity index (χ0) is 10.1. The molecule has 0 bridgehead atoms. The fourth-order valence-electron chi connectivity index (χ4n) is 1.74. The van der Waals surface area contributed by atoms with Gasteiger partial charge in [0.1, 0.15) is 12.1 Å². The molecule has 0 aromatic carbocycles. The summed E-state index contributed by atoms with van der Waals surface area (Å²) in [6.45, 7) is 6.44. The van der Waals surface area contributed by atoms with Crippen LogP contribution in [-0.2, 0) is 6.42 Å². The van der Waals surface area contributed by atoms with Gasteiger partial charge in [-0.25, -0.2) is 9.97 Å². The number of hydrogen-bond donors (Lipinski definition) is 1. The second-order valence-corrected chi connectivity index (χ2v) is 4.05. The number of aromatic nitrogens is 2. The molecule has 2 rings (SSSR count). The van der Waals surface area contributed by atoms with E-state index in [2.05, 4.69) is 36.1 Å². The fourth-order valence-corrected chi connectivity index (χ4v) is 1.74. The van der Waals surface area contributed by atoms with E-state index in [1.165, 1.54) is 11.1 Å². The van der Waals surface area contributed by atoms with Crippen molar-refractivity contribution < 1.29 is 0 Å². The van der Waals surface area contributed by atoms with Crippen LogP contribution in [-0.4, -0.2) is 9.97 Å². The zero-order valence-electron chi connectivity index (χ0n) is 8.83. The van der Waals surface area contributed by atoms with Crippen molar-refractivity contribution in [3.8, 4) is 0 Å². The third kappa shape index (κ3) is 1.50. The van der Waals surface area contributed by atoms with Gasteiger partial charge in [-0.3, -0.25) is 0 Å². The first kappa shape index (κ1) is 9.19. The summed E-state index contributed by atoms with van der Waals surface area (Å²) in [5, 5.41) is 3.19. The van der Waals surface area contributed by atoms with Crippen LogP contribution in [0.15, 0.2) is 18.1 Å². The van der Waals surface area contributed by atoms with Gasteiger partial charge in [0.2, 0.25) is 0 Å². The summed E-state index contributed by atoms with van der Waals surface area (Å²) in [6.07, 6.45) is 4.62. The second-order valence-electron chi connectivity index (χ2n) is 4.05. The van der Waals surface area contributed by atoms with Crippen LogP contribution in [0.2, 0.25) is 0 Å². The Bertz CT molecular complexity index is 380. The van der Waals surface area contributed by atoms with E-state index in [1.807, 2.05) is 6.20 Å². The highest BCUT2D eigenvalue weighted by molar-refractivity contribution is 5.53. The van der Waals surface area contributed by atoms with Gasteiger partial charge >= 0.3 is 0 Å². The van der Waals surface area contributed by atoms with Crippen LogP contribution in [0.5, 0.6) is 0 Å². The lowest BCUT2D eigenvalue weighted by Gasteiger charge is -2.19. The molecule has 1 aliphatic rings. The Hall–Kier alpha value is -1.38. The van der Waals surface area contributed by atoms with E-state index in [0.29, 0.717) is 5.92 Å². The Labute approximate surface area is 84.3 Å². The van der Waals surface area contributed by atoms with Crippen molar-refractivity contribution >= 4 is 5.82 Å². The molecule has 1 aromatic rings. The van der Waals surface area contributed by atoms with Crippen LogP contribution in [0.25, 0.3) is 0 Å². The molecular formula is C11H15N3. The zero-order valence-corrected chi connectivity index (χ0v) is 8.83. The van der Waals surface area contributed by atoms with E-state index in [1.54, 1.807) is 6.33 Å². The summed E-state index contributed by atoms with van der Waals surface area (Å²) in [5.41, 5.74) is 3.74. The number of fused-ring (bicyclic) bond motifs is 1. The number of nitrogens with one attached hydrogen (secondary N) is 1. The standard InChI is InChI=1S/C11H15N3/c1-7(2)10-9-4-8(3)5-12-11(9)14-6-13-10/h5-7H,4H2,1-3H3,(H,12,13,14). The summed E-state index contributed by atoms with van der Waals surface area (Å²) < 4.78 is 0. The molecule has 14 heavy (non-hydrogen) atoms. The molecule has 1 N–H and O–H groups in total. The first-order valence-corrected chi connectivity index (χ1v) is 4.94. The third-order valence-electron chi connectivity index (χ3n) is 2.44. The van der Waals surface area contributed by atoms with Crippen LogP contribution in [0.3, 0.4) is 0 Å². The smallest absolute Gasteiger partial charge is 0.137 e. The third-order valence-corrected chi connectivity index (χ3v) is 2.44. The molecule has 1 aromatic heterocycles. The first-order chi connectivity index (χ1) is 6.68. The van der Waals surface area contributed by atoms with Gasteiger partial charge in [-0.2, -0.15) is 0 Å². The molecule has 2 heterocycles. The molecular weight excluding hydrogens is 174 g/mol. The molecule has 0 aliphatic carbocycles. The SMILES string of the molecule is CC1=CNc2ncnc(C(C)C)c2C1. The molecule has 0 fully saturated rings.